The monoisotopic (exact) mass is 1740 g/mol. The van der Waals surface area contributed by atoms with Crippen molar-refractivity contribution >= 4 is 57.8 Å². The van der Waals surface area contributed by atoms with E-state index in [4.69, 9.17) is 58.6 Å². The molecule has 0 radical (unpaired) electrons. The van der Waals surface area contributed by atoms with Crippen molar-refractivity contribution in [2.45, 2.75) is 258 Å². The molecule has 7 fully saturated rings. The molecule has 8 atom stereocenters. The minimum Gasteiger partial charge on any atom is -0.497 e. The van der Waals surface area contributed by atoms with Gasteiger partial charge in [-0.3, -0.25) is 0 Å². The van der Waals surface area contributed by atoms with Gasteiger partial charge in [0, 0.05) is 86.0 Å². The highest BCUT2D eigenvalue weighted by Gasteiger charge is 2.32. The highest BCUT2D eigenvalue weighted by Crippen LogP contribution is 2.44. The van der Waals surface area contributed by atoms with Crippen molar-refractivity contribution in [1.29, 1.82) is 0 Å². The standard InChI is InChI=1S/C26H37N7O.C25H35N7O.C24H32N6O.C22H30N6O2/c1-18(2)22-17-28-33-24(22)30-26(34-20-10-9-13-27-16-20)31-25(33)29-19(3)21-11-5-6-12-23(21)32-14-7-4-8-15-32;1-17(2)21-16-27-32-23(21)29-25(33-19-9-8-12-26-15-19)30-24(32)28-18(3)20-10-4-5-11-22(20)31-13-6-7-14-31;1-15(2)21-14-26-30-22(21)28-24(31-18-7-6-12-25-13-18)29-23(30)27-16(3)19-8-4-5-9-20(19)17-10-11-17;1-14(2)19-13-24-28-20(19)26-22(30-18-6-5-11-23-12-18)27-21(28)25-15(3)16-7-9-17(29-4)10-8-16/h5-6,11-12,17-20,27H,4,7-10,13-16H2,1-3H3,(H,29,30,31);4-5,10-11,16-19,26H,6-9,12-15H2,1-3H3,(H,28,29,30);4-5,8-9,14-18,25H,6-7,10-13H2,1-3H3,(H,27,28,29);7-10,13-15,18,23H,5-6,11-12H2,1-4H3,(H,25,26,27)/t19?,20-;18?,19-;16?,18-;15?,18-/m1111/s1. The molecular formula is C97H134N26O5. The van der Waals surface area contributed by atoms with Crippen LogP contribution in [0.5, 0.6) is 29.8 Å². The Morgan fingerprint density at radius 1 is 0.320 bits per heavy atom. The number of aromatic nitrogens is 16. The first kappa shape index (κ1) is 90.1. The number of fused-ring (bicyclic) bond motifs is 4. The minimum atomic E-state index is 0.0184. The summed E-state index contributed by atoms with van der Waals surface area (Å²) in [7, 11) is 1.67. The maximum absolute atomic E-state index is 6.24. The fraction of sp³-hybridized carbons (Fsp3) is 0.546. The highest BCUT2D eigenvalue weighted by molar-refractivity contribution is 5.62. The molecule has 8 aromatic heterocycles. The number of piperidine rings is 5. The van der Waals surface area contributed by atoms with Crippen LogP contribution in [-0.2, 0) is 0 Å². The molecule has 8 N–H and O–H groups in total. The Morgan fingerprint density at radius 3 is 0.938 bits per heavy atom. The van der Waals surface area contributed by atoms with Gasteiger partial charge in [0.25, 0.3) is 0 Å². The first-order valence-electron chi connectivity index (χ1n) is 47.3. The van der Waals surface area contributed by atoms with Gasteiger partial charge in [-0.25, -0.2) is 0 Å². The molecule has 7 aliphatic rings. The highest BCUT2D eigenvalue weighted by atomic mass is 16.5. The first-order chi connectivity index (χ1) is 62.3. The molecule has 0 amide bonds. The van der Waals surface area contributed by atoms with E-state index in [0.29, 0.717) is 77.4 Å². The number of para-hydroxylation sites is 2. The molecule has 14 heterocycles. The van der Waals surface area contributed by atoms with Gasteiger partial charge in [0.2, 0.25) is 23.8 Å². The number of methoxy groups -OCH3 is 1. The molecule has 6 aliphatic heterocycles. The van der Waals surface area contributed by atoms with E-state index in [-0.39, 0.29) is 48.6 Å². The molecular weight excluding hydrogens is 1610 g/mol. The number of benzene rings is 4. The normalized spacial score (nSPS) is 19.5. The SMILES string of the molecule is CC(C)c1cnn2c(NC(C)c3ccccc3C3CC3)nc(O[C@@H]3CCCNC3)nc12.CC(C)c1cnn2c(NC(C)c3ccccc3N3CCCC3)nc(O[C@@H]3CCCNC3)nc12.CC(C)c1cnn2c(NC(C)c3ccccc3N3CCCCC3)nc(O[C@@H]3CCCNC3)nc12.COc1ccc(C(C)Nc2nc(O[C@@H]3CCCNC3)nc3c(C(C)C)cnn23)cc1. The molecule has 128 heavy (non-hydrogen) atoms. The average Bonchev–Trinajstić information content (AvgIpc) is 1.67. The second kappa shape index (κ2) is 42.3. The number of nitrogens with one attached hydrogen (secondary N) is 8. The summed E-state index contributed by atoms with van der Waals surface area (Å²) < 4.78 is 37.3. The third kappa shape index (κ3) is 22.0. The van der Waals surface area contributed by atoms with E-state index in [1.165, 1.54) is 78.6 Å². The molecule has 12 aromatic rings. The Hall–Kier alpha value is -11.3. The molecule has 0 spiro atoms. The molecule has 4 aromatic carbocycles. The van der Waals surface area contributed by atoms with Crippen molar-refractivity contribution in [3.63, 3.8) is 0 Å². The fourth-order valence-corrected chi connectivity index (χ4v) is 18.0. The van der Waals surface area contributed by atoms with E-state index < -0.39 is 0 Å². The van der Waals surface area contributed by atoms with Crippen molar-refractivity contribution in [2.75, 3.05) is 117 Å². The van der Waals surface area contributed by atoms with Gasteiger partial charge in [-0.2, -0.15) is 78.3 Å². The Balaban J connectivity index is 0.000000125. The molecule has 682 valence electrons. The van der Waals surface area contributed by atoms with Gasteiger partial charge >= 0.3 is 24.0 Å². The van der Waals surface area contributed by atoms with Crippen LogP contribution in [0.4, 0.5) is 35.2 Å². The molecule has 31 nitrogen and oxygen atoms in total. The number of hydrogen-bond donors (Lipinski definition) is 8. The Labute approximate surface area is 753 Å². The van der Waals surface area contributed by atoms with Gasteiger partial charge in [-0.15, -0.1) is 0 Å². The smallest absolute Gasteiger partial charge is 0.322 e. The van der Waals surface area contributed by atoms with E-state index in [1.54, 1.807) is 11.6 Å². The summed E-state index contributed by atoms with van der Waals surface area (Å²) in [5.74, 6) is 5.38. The third-order valence-corrected chi connectivity index (χ3v) is 25.5. The van der Waals surface area contributed by atoms with Crippen molar-refractivity contribution in [3.05, 3.63) is 172 Å². The fourth-order valence-electron chi connectivity index (χ4n) is 18.0. The van der Waals surface area contributed by atoms with Gasteiger partial charge in [0.15, 0.2) is 22.6 Å². The predicted octanol–water partition coefficient (Wildman–Crippen LogP) is 16.7. The Morgan fingerprint density at radius 2 is 0.625 bits per heavy atom. The summed E-state index contributed by atoms with van der Waals surface area (Å²) >= 11 is 0. The van der Waals surface area contributed by atoms with Crippen LogP contribution in [0.25, 0.3) is 22.6 Å². The number of hydrogen-bond acceptors (Lipinski definition) is 27. The lowest BCUT2D eigenvalue weighted by atomic mass is 9.98. The third-order valence-electron chi connectivity index (χ3n) is 25.5. The largest absolute Gasteiger partial charge is 0.497 e. The van der Waals surface area contributed by atoms with Crippen LogP contribution >= 0.6 is 0 Å². The number of anilines is 6. The first-order valence-corrected chi connectivity index (χ1v) is 47.3. The van der Waals surface area contributed by atoms with Gasteiger partial charge in [0.05, 0.1) is 56.1 Å². The maximum Gasteiger partial charge on any atom is 0.322 e. The topological polar surface area (TPSA) is 321 Å². The van der Waals surface area contributed by atoms with Crippen molar-refractivity contribution in [1.82, 2.24) is 99.6 Å². The average molecular weight is 1740 g/mol. The molecule has 0 bridgehead atoms. The van der Waals surface area contributed by atoms with Gasteiger partial charge in [-0.05, 0) is 232 Å². The van der Waals surface area contributed by atoms with E-state index in [0.717, 1.165) is 186 Å². The van der Waals surface area contributed by atoms with E-state index in [1.807, 2.05) is 62.6 Å². The van der Waals surface area contributed by atoms with Crippen LogP contribution in [-0.4, -0.2) is 188 Å². The second-order valence-corrected chi connectivity index (χ2v) is 36.6. The summed E-state index contributed by atoms with van der Waals surface area (Å²) in [5, 5.41) is 46.3. The maximum atomic E-state index is 6.24. The molecule has 19 rings (SSSR count). The number of nitrogens with zero attached hydrogens (tertiary/aromatic N) is 18. The van der Waals surface area contributed by atoms with Crippen LogP contribution in [0.15, 0.2) is 122 Å². The Kier molecular flexibility index (Phi) is 29.8. The Bertz CT molecular complexity index is 5570. The van der Waals surface area contributed by atoms with Gasteiger partial charge < -0.3 is 76.0 Å². The van der Waals surface area contributed by atoms with Crippen LogP contribution in [0, 0.1) is 0 Å². The lowest BCUT2D eigenvalue weighted by Gasteiger charge is -2.32. The number of ether oxygens (including phenoxy) is 5. The predicted molar refractivity (Wildman–Crippen MR) is 506 cm³/mol. The lowest BCUT2D eigenvalue weighted by Crippen LogP contribution is -2.37. The lowest BCUT2D eigenvalue weighted by molar-refractivity contribution is 0.153. The molecule has 6 saturated heterocycles. The second-order valence-electron chi connectivity index (χ2n) is 36.6. The summed E-state index contributed by atoms with van der Waals surface area (Å²) in [5.41, 5.74) is 16.6. The van der Waals surface area contributed by atoms with Crippen LogP contribution < -0.4 is 76.0 Å². The van der Waals surface area contributed by atoms with E-state index >= 15 is 0 Å². The summed E-state index contributed by atoms with van der Waals surface area (Å²) in [6, 6.07) is 36.0. The van der Waals surface area contributed by atoms with Crippen molar-refractivity contribution in [3.8, 4) is 29.8 Å². The minimum absolute atomic E-state index is 0.0184. The van der Waals surface area contributed by atoms with Gasteiger partial charge in [0.1, 0.15) is 30.2 Å². The van der Waals surface area contributed by atoms with Crippen LogP contribution in [0.1, 0.15) is 283 Å². The molecule has 31 heteroatoms. The summed E-state index contributed by atoms with van der Waals surface area (Å²) in [6.07, 6.45) is 25.3. The molecule has 1 aliphatic carbocycles. The van der Waals surface area contributed by atoms with Gasteiger partial charge in [-0.1, -0.05) is 128 Å². The zero-order valence-corrected chi connectivity index (χ0v) is 77.2. The van der Waals surface area contributed by atoms with Crippen LogP contribution in [0.3, 0.4) is 0 Å². The molecule has 4 unspecified atom stereocenters. The zero-order valence-electron chi connectivity index (χ0n) is 77.2. The van der Waals surface area contributed by atoms with Crippen molar-refractivity contribution < 1.29 is 23.7 Å². The quantitative estimate of drug-likeness (QED) is 0.0226. The van der Waals surface area contributed by atoms with Crippen LogP contribution in [0.2, 0.25) is 0 Å². The summed E-state index contributed by atoms with van der Waals surface area (Å²) in [6.45, 7) is 37.8. The van der Waals surface area contributed by atoms with E-state index in [9.17, 15) is 0 Å². The zero-order chi connectivity index (χ0) is 88.7. The number of rotatable bonds is 28. The van der Waals surface area contributed by atoms with E-state index in [2.05, 4.69) is 234 Å². The molecule has 1 saturated carbocycles. The summed E-state index contributed by atoms with van der Waals surface area (Å²) in [4.78, 5) is 43.0. The van der Waals surface area contributed by atoms with Crippen molar-refractivity contribution in [2.24, 2.45) is 0 Å².